The van der Waals surface area contributed by atoms with E-state index in [0.29, 0.717) is 6.54 Å². The number of rotatable bonds is 5. The molecule has 0 aromatic rings. The lowest BCUT2D eigenvalue weighted by Gasteiger charge is -2.35. The summed E-state index contributed by atoms with van der Waals surface area (Å²) >= 11 is 0. The molecule has 1 amide bonds. The third-order valence-electron chi connectivity index (χ3n) is 3.36. The normalized spacial score (nSPS) is 19.1. The number of carboxylic acids is 1. The molecule has 5 nitrogen and oxygen atoms in total. The highest BCUT2D eigenvalue weighted by Gasteiger charge is 2.23. The van der Waals surface area contributed by atoms with Crippen molar-refractivity contribution in [2.24, 2.45) is 5.92 Å². The summed E-state index contributed by atoms with van der Waals surface area (Å²) in [6, 6.07) is 0. The molecular weight excluding hydrogens is 220 g/mol. The van der Waals surface area contributed by atoms with Crippen molar-refractivity contribution >= 4 is 11.9 Å². The lowest BCUT2D eigenvalue weighted by Crippen LogP contribution is -2.50. The third-order valence-corrected chi connectivity index (χ3v) is 3.36. The first-order valence-electron chi connectivity index (χ1n) is 6.27. The van der Waals surface area contributed by atoms with Gasteiger partial charge in [-0.15, -0.1) is 0 Å². The number of hydrogen-bond acceptors (Lipinski definition) is 3. The first kappa shape index (κ1) is 14.0. The molecule has 1 fully saturated rings. The van der Waals surface area contributed by atoms with Crippen LogP contribution in [-0.2, 0) is 9.59 Å². The zero-order valence-electron chi connectivity index (χ0n) is 10.7. The predicted molar refractivity (Wildman–Crippen MR) is 64.7 cm³/mol. The quantitative estimate of drug-likeness (QED) is 0.769. The Morgan fingerprint density at radius 2 is 1.82 bits per heavy atom. The molecule has 17 heavy (non-hydrogen) atoms. The van der Waals surface area contributed by atoms with Crippen LogP contribution in [0.5, 0.6) is 0 Å². The average molecular weight is 242 g/mol. The number of carbonyl (C=O) groups excluding carboxylic acids is 1. The standard InChI is InChI=1S/C12H22N2O3/c1-3-10(2)12(17)14-8-6-13(7-9-14)5-4-11(15)16/h10H,3-9H2,1-2H3,(H,15,16). The molecule has 0 aromatic carbocycles. The van der Waals surface area contributed by atoms with Crippen LogP contribution < -0.4 is 0 Å². The lowest BCUT2D eigenvalue weighted by molar-refractivity contribution is -0.139. The van der Waals surface area contributed by atoms with Gasteiger partial charge in [0.2, 0.25) is 5.91 Å². The second kappa shape index (κ2) is 6.59. The zero-order chi connectivity index (χ0) is 12.8. The second-order valence-corrected chi connectivity index (χ2v) is 4.62. The SMILES string of the molecule is CCC(C)C(=O)N1CCN(CCC(=O)O)CC1. The van der Waals surface area contributed by atoms with Gasteiger partial charge in [-0.1, -0.05) is 13.8 Å². The first-order chi connectivity index (χ1) is 8.04. The van der Waals surface area contributed by atoms with Crippen molar-refractivity contribution in [2.75, 3.05) is 32.7 Å². The van der Waals surface area contributed by atoms with Crippen molar-refractivity contribution in [2.45, 2.75) is 26.7 Å². The number of nitrogens with zero attached hydrogens (tertiary/aromatic N) is 2. The Morgan fingerprint density at radius 3 is 2.29 bits per heavy atom. The summed E-state index contributed by atoms with van der Waals surface area (Å²) in [5, 5.41) is 8.60. The number of carbonyl (C=O) groups is 2. The van der Waals surface area contributed by atoms with Gasteiger partial charge in [0.15, 0.2) is 0 Å². The van der Waals surface area contributed by atoms with Gasteiger partial charge in [0, 0.05) is 38.6 Å². The minimum absolute atomic E-state index is 0.0977. The zero-order valence-corrected chi connectivity index (χ0v) is 10.7. The maximum atomic E-state index is 11.9. The fraction of sp³-hybridized carbons (Fsp3) is 0.833. The molecule has 1 heterocycles. The van der Waals surface area contributed by atoms with Crippen molar-refractivity contribution in [3.63, 3.8) is 0 Å². The number of carboxylic acid groups (broad SMARTS) is 1. The molecule has 1 atom stereocenters. The molecule has 98 valence electrons. The Hall–Kier alpha value is -1.10. The van der Waals surface area contributed by atoms with Gasteiger partial charge in [-0.05, 0) is 6.42 Å². The molecule has 1 aliphatic rings. The fourth-order valence-electron chi connectivity index (χ4n) is 1.93. The summed E-state index contributed by atoms with van der Waals surface area (Å²) in [4.78, 5) is 26.4. The Morgan fingerprint density at radius 1 is 1.24 bits per heavy atom. The number of hydrogen-bond donors (Lipinski definition) is 1. The van der Waals surface area contributed by atoms with E-state index in [2.05, 4.69) is 4.90 Å². The van der Waals surface area contributed by atoms with Crippen LogP contribution in [0.4, 0.5) is 0 Å². The van der Waals surface area contributed by atoms with Crippen molar-refractivity contribution < 1.29 is 14.7 Å². The van der Waals surface area contributed by atoms with Crippen molar-refractivity contribution in [3.8, 4) is 0 Å². The van der Waals surface area contributed by atoms with E-state index in [1.54, 1.807) is 0 Å². The minimum atomic E-state index is -0.761. The summed E-state index contributed by atoms with van der Waals surface area (Å²) in [6.07, 6.45) is 1.05. The van der Waals surface area contributed by atoms with Gasteiger partial charge in [0.05, 0.1) is 6.42 Å². The first-order valence-corrected chi connectivity index (χ1v) is 6.27. The monoisotopic (exact) mass is 242 g/mol. The second-order valence-electron chi connectivity index (χ2n) is 4.62. The molecule has 1 unspecified atom stereocenters. The Bertz CT molecular complexity index is 273. The topological polar surface area (TPSA) is 60.9 Å². The van der Waals surface area contributed by atoms with Crippen LogP contribution in [0.15, 0.2) is 0 Å². The Balaban J connectivity index is 2.30. The summed E-state index contributed by atoms with van der Waals surface area (Å²) in [5.41, 5.74) is 0. The van der Waals surface area contributed by atoms with Gasteiger partial charge in [-0.25, -0.2) is 0 Å². The number of amides is 1. The van der Waals surface area contributed by atoms with E-state index in [0.717, 1.165) is 32.6 Å². The molecule has 5 heteroatoms. The van der Waals surface area contributed by atoms with Gasteiger partial charge >= 0.3 is 5.97 Å². The van der Waals surface area contributed by atoms with E-state index >= 15 is 0 Å². The number of aliphatic carboxylic acids is 1. The Labute approximate surface area is 102 Å². The molecule has 1 rings (SSSR count). The average Bonchev–Trinajstić information content (AvgIpc) is 2.35. The summed E-state index contributed by atoms with van der Waals surface area (Å²) < 4.78 is 0. The van der Waals surface area contributed by atoms with Crippen molar-refractivity contribution in [3.05, 3.63) is 0 Å². The third kappa shape index (κ3) is 4.34. The van der Waals surface area contributed by atoms with Crippen LogP contribution in [0.3, 0.4) is 0 Å². The van der Waals surface area contributed by atoms with Crippen LogP contribution in [0, 0.1) is 5.92 Å². The molecule has 1 aliphatic heterocycles. The van der Waals surface area contributed by atoms with E-state index in [1.165, 1.54) is 0 Å². The highest BCUT2D eigenvalue weighted by Crippen LogP contribution is 2.10. The molecule has 1 saturated heterocycles. The van der Waals surface area contributed by atoms with Gasteiger partial charge in [0.25, 0.3) is 0 Å². The van der Waals surface area contributed by atoms with E-state index in [-0.39, 0.29) is 18.2 Å². The molecule has 0 spiro atoms. The highest BCUT2D eigenvalue weighted by molar-refractivity contribution is 5.78. The van der Waals surface area contributed by atoms with E-state index in [4.69, 9.17) is 5.11 Å². The van der Waals surface area contributed by atoms with Gasteiger partial charge < -0.3 is 10.0 Å². The van der Waals surface area contributed by atoms with Crippen LogP contribution in [0.25, 0.3) is 0 Å². The predicted octanol–water partition coefficient (Wildman–Crippen LogP) is 0.651. The van der Waals surface area contributed by atoms with Crippen LogP contribution in [0.1, 0.15) is 26.7 Å². The van der Waals surface area contributed by atoms with Crippen LogP contribution in [-0.4, -0.2) is 59.5 Å². The summed E-state index contributed by atoms with van der Waals surface area (Å²) in [6.45, 7) is 7.59. The fourth-order valence-corrected chi connectivity index (χ4v) is 1.93. The smallest absolute Gasteiger partial charge is 0.304 e. The molecule has 0 saturated carbocycles. The van der Waals surface area contributed by atoms with Crippen LogP contribution in [0.2, 0.25) is 0 Å². The van der Waals surface area contributed by atoms with E-state index in [9.17, 15) is 9.59 Å². The lowest BCUT2D eigenvalue weighted by atomic mass is 10.1. The maximum absolute atomic E-state index is 11.9. The van der Waals surface area contributed by atoms with E-state index < -0.39 is 5.97 Å². The molecular formula is C12H22N2O3. The molecule has 0 aliphatic carbocycles. The van der Waals surface area contributed by atoms with Crippen LogP contribution >= 0.6 is 0 Å². The summed E-state index contributed by atoms with van der Waals surface area (Å²) in [5.74, 6) is -0.436. The largest absolute Gasteiger partial charge is 0.481 e. The molecule has 0 aromatic heterocycles. The van der Waals surface area contributed by atoms with Gasteiger partial charge in [-0.2, -0.15) is 0 Å². The van der Waals surface area contributed by atoms with E-state index in [1.807, 2.05) is 18.7 Å². The number of piperazine rings is 1. The molecule has 1 N–H and O–H groups in total. The molecule has 0 bridgehead atoms. The van der Waals surface area contributed by atoms with Crippen molar-refractivity contribution in [1.82, 2.24) is 9.80 Å². The van der Waals surface area contributed by atoms with Crippen molar-refractivity contribution in [1.29, 1.82) is 0 Å². The van der Waals surface area contributed by atoms with Gasteiger partial charge in [-0.3, -0.25) is 14.5 Å². The highest BCUT2D eigenvalue weighted by atomic mass is 16.4. The van der Waals surface area contributed by atoms with Gasteiger partial charge in [0.1, 0.15) is 0 Å². The minimum Gasteiger partial charge on any atom is -0.481 e. The summed E-state index contributed by atoms with van der Waals surface area (Å²) in [7, 11) is 0. The Kier molecular flexibility index (Phi) is 5.41. The maximum Gasteiger partial charge on any atom is 0.304 e. The molecule has 0 radical (unpaired) electrons.